The van der Waals surface area contributed by atoms with Crippen molar-refractivity contribution in [2.24, 2.45) is 0 Å². The number of hydrogen-bond acceptors (Lipinski definition) is 1. The number of hydrogen-bond donors (Lipinski definition) is 1. The Morgan fingerprint density at radius 1 is 1.05 bits per heavy atom. The van der Waals surface area contributed by atoms with Crippen LogP contribution in [0.2, 0.25) is 0 Å². The van der Waals surface area contributed by atoms with E-state index in [9.17, 15) is 8.78 Å². The maximum absolute atomic E-state index is 12.2. The van der Waals surface area contributed by atoms with E-state index < -0.39 is 6.43 Å². The summed E-state index contributed by atoms with van der Waals surface area (Å²) in [4.78, 5) is 0. The molecule has 3 heteroatoms. The Kier molecular flexibility index (Phi) is 3.53. The first-order chi connectivity index (χ1) is 9.65. The maximum atomic E-state index is 12.2. The molecule has 1 aliphatic rings. The van der Waals surface area contributed by atoms with Crippen molar-refractivity contribution in [1.82, 2.24) is 5.32 Å². The quantitative estimate of drug-likeness (QED) is 0.752. The van der Waals surface area contributed by atoms with Gasteiger partial charge in [-0.2, -0.15) is 0 Å². The minimum absolute atomic E-state index is 0.0574. The van der Waals surface area contributed by atoms with Gasteiger partial charge in [0.05, 0.1) is 6.54 Å². The van der Waals surface area contributed by atoms with Crippen LogP contribution in [-0.2, 0) is 6.42 Å². The summed E-state index contributed by atoms with van der Waals surface area (Å²) in [5.41, 5.74) is 6.26. The second-order valence-electron chi connectivity index (χ2n) is 5.27. The molecule has 0 radical (unpaired) electrons. The molecule has 0 spiro atoms. The van der Waals surface area contributed by atoms with E-state index in [-0.39, 0.29) is 12.6 Å². The number of halogens is 2. The van der Waals surface area contributed by atoms with Crippen LogP contribution < -0.4 is 5.32 Å². The van der Waals surface area contributed by atoms with Gasteiger partial charge in [0.2, 0.25) is 0 Å². The standard InChI is InChI=1S/C17H17F2N/c1-11(20-10-17(18)19)12-6-7-16-14(8-12)9-13-4-2-3-5-15(13)16/h2-8,11,17,20H,9-10H2,1H3. The lowest BCUT2D eigenvalue weighted by Gasteiger charge is -2.15. The van der Waals surface area contributed by atoms with E-state index in [2.05, 4.69) is 41.7 Å². The Labute approximate surface area is 117 Å². The van der Waals surface area contributed by atoms with Crippen LogP contribution in [0.3, 0.4) is 0 Å². The van der Waals surface area contributed by atoms with Crippen LogP contribution in [0.5, 0.6) is 0 Å². The molecule has 2 aromatic rings. The van der Waals surface area contributed by atoms with Gasteiger partial charge in [-0.15, -0.1) is 0 Å². The molecule has 0 bridgehead atoms. The topological polar surface area (TPSA) is 12.0 Å². The van der Waals surface area contributed by atoms with Gasteiger partial charge in [-0.3, -0.25) is 0 Å². The predicted molar refractivity (Wildman–Crippen MR) is 77.1 cm³/mol. The van der Waals surface area contributed by atoms with Gasteiger partial charge in [0, 0.05) is 6.04 Å². The highest BCUT2D eigenvalue weighted by Gasteiger charge is 2.19. The molecule has 0 aliphatic heterocycles. The van der Waals surface area contributed by atoms with Crippen molar-refractivity contribution in [3.8, 4) is 11.1 Å². The second-order valence-corrected chi connectivity index (χ2v) is 5.27. The lowest BCUT2D eigenvalue weighted by Crippen LogP contribution is -2.24. The first-order valence-electron chi connectivity index (χ1n) is 6.88. The van der Waals surface area contributed by atoms with Gasteiger partial charge in [-0.05, 0) is 41.2 Å². The van der Waals surface area contributed by atoms with E-state index in [0.29, 0.717) is 0 Å². The third-order valence-electron chi connectivity index (χ3n) is 3.90. The SMILES string of the molecule is CC(NCC(F)F)c1ccc2c(c1)Cc1ccccc1-2. The van der Waals surface area contributed by atoms with Crippen molar-refractivity contribution >= 4 is 0 Å². The largest absolute Gasteiger partial charge is 0.305 e. The normalized spacial score (nSPS) is 14.2. The monoisotopic (exact) mass is 273 g/mol. The molecule has 0 saturated heterocycles. The number of fused-ring (bicyclic) bond motifs is 3. The molecular formula is C17H17F2N. The first-order valence-corrected chi connectivity index (χ1v) is 6.88. The molecule has 20 heavy (non-hydrogen) atoms. The average Bonchev–Trinajstić information content (AvgIpc) is 2.82. The molecule has 1 N–H and O–H groups in total. The van der Waals surface area contributed by atoms with Crippen LogP contribution >= 0.6 is 0 Å². The van der Waals surface area contributed by atoms with Gasteiger partial charge in [0.1, 0.15) is 0 Å². The predicted octanol–water partition coefficient (Wildman–Crippen LogP) is 4.17. The summed E-state index contributed by atoms with van der Waals surface area (Å²) >= 11 is 0. The van der Waals surface area contributed by atoms with Crippen molar-refractivity contribution in [3.05, 3.63) is 59.2 Å². The van der Waals surface area contributed by atoms with Crippen molar-refractivity contribution in [1.29, 1.82) is 0 Å². The summed E-state index contributed by atoms with van der Waals surface area (Å²) in [5, 5.41) is 2.86. The smallest absolute Gasteiger partial charge is 0.250 e. The molecule has 1 aliphatic carbocycles. The Morgan fingerprint density at radius 2 is 1.80 bits per heavy atom. The van der Waals surface area contributed by atoms with Gasteiger partial charge in [0.15, 0.2) is 0 Å². The molecule has 0 heterocycles. The van der Waals surface area contributed by atoms with Crippen LogP contribution in [0.4, 0.5) is 8.78 Å². The highest BCUT2D eigenvalue weighted by atomic mass is 19.3. The highest BCUT2D eigenvalue weighted by Crippen LogP contribution is 2.37. The maximum Gasteiger partial charge on any atom is 0.250 e. The number of benzene rings is 2. The summed E-state index contributed by atoms with van der Waals surface area (Å²) in [6, 6.07) is 14.6. The van der Waals surface area contributed by atoms with Gasteiger partial charge < -0.3 is 5.32 Å². The molecule has 0 fully saturated rings. The van der Waals surface area contributed by atoms with Crippen LogP contribution in [0.1, 0.15) is 29.7 Å². The molecular weight excluding hydrogens is 256 g/mol. The summed E-state index contributed by atoms with van der Waals surface area (Å²) in [6.07, 6.45) is -1.38. The highest BCUT2D eigenvalue weighted by molar-refractivity contribution is 5.76. The van der Waals surface area contributed by atoms with Gasteiger partial charge in [0.25, 0.3) is 6.43 Å². The second kappa shape index (κ2) is 5.33. The lowest BCUT2D eigenvalue weighted by atomic mass is 10.0. The van der Waals surface area contributed by atoms with Crippen molar-refractivity contribution in [3.63, 3.8) is 0 Å². The van der Waals surface area contributed by atoms with Crippen molar-refractivity contribution in [2.75, 3.05) is 6.54 Å². The zero-order valence-electron chi connectivity index (χ0n) is 11.4. The molecule has 1 atom stereocenters. The zero-order chi connectivity index (χ0) is 14.1. The third kappa shape index (κ3) is 2.46. The molecule has 0 amide bonds. The fraction of sp³-hybridized carbons (Fsp3) is 0.294. The Bertz CT molecular complexity index is 622. The Hall–Kier alpha value is -1.74. The van der Waals surface area contributed by atoms with E-state index >= 15 is 0 Å². The van der Waals surface area contributed by atoms with Crippen molar-refractivity contribution < 1.29 is 8.78 Å². The van der Waals surface area contributed by atoms with Crippen LogP contribution in [0.15, 0.2) is 42.5 Å². The van der Waals surface area contributed by atoms with Gasteiger partial charge in [-0.25, -0.2) is 8.78 Å². The molecule has 1 nitrogen and oxygen atoms in total. The molecule has 0 saturated carbocycles. The molecule has 3 rings (SSSR count). The van der Waals surface area contributed by atoms with Crippen LogP contribution in [0, 0.1) is 0 Å². The van der Waals surface area contributed by atoms with Crippen molar-refractivity contribution in [2.45, 2.75) is 25.8 Å². The van der Waals surface area contributed by atoms with E-state index in [1.54, 1.807) is 0 Å². The summed E-state index contributed by atoms with van der Waals surface area (Å²) in [5.74, 6) is 0. The van der Waals surface area contributed by atoms with E-state index in [0.717, 1.165) is 12.0 Å². The fourth-order valence-electron chi connectivity index (χ4n) is 2.82. The minimum Gasteiger partial charge on any atom is -0.305 e. The molecule has 0 aromatic heterocycles. The van der Waals surface area contributed by atoms with E-state index in [4.69, 9.17) is 0 Å². The summed E-state index contributed by atoms with van der Waals surface area (Å²) < 4.78 is 24.5. The zero-order valence-corrected chi connectivity index (χ0v) is 11.4. The summed E-state index contributed by atoms with van der Waals surface area (Å²) in [6.45, 7) is 1.66. The Balaban J connectivity index is 1.83. The molecule has 1 unspecified atom stereocenters. The third-order valence-corrected chi connectivity index (χ3v) is 3.90. The first kappa shape index (κ1) is 13.3. The Morgan fingerprint density at radius 3 is 2.60 bits per heavy atom. The minimum atomic E-state index is -2.31. The molecule has 2 aromatic carbocycles. The van der Waals surface area contributed by atoms with Gasteiger partial charge in [-0.1, -0.05) is 42.5 Å². The number of rotatable bonds is 4. The van der Waals surface area contributed by atoms with Gasteiger partial charge >= 0.3 is 0 Å². The lowest BCUT2D eigenvalue weighted by molar-refractivity contribution is 0.142. The van der Waals surface area contributed by atoms with Crippen LogP contribution in [-0.4, -0.2) is 13.0 Å². The van der Waals surface area contributed by atoms with Crippen LogP contribution in [0.25, 0.3) is 11.1 Å². The molecule has 104 valence electrons. The summed E-state index contributed by atoms with van der Waals surface area (Å²) in [7, 11) is 0. The fourth-order valence-corrected chi connectivity index (χ4v) is 2.82. The number of alkyl halides is 2. The average molecular weight is 273 g/mol. The van der Waals surface area contributed by atoms with E-state index in [1.165, 1.54) is 22.3 Å². The number of nitrogens with one attached hydrogen (secondary N) is 1. The van der Waals surface area contributed by atoms with E-state index in [1.807, 2.05) is 13.0 Å².